The van der Waals surface area contributed by atoms with Crippen LogP contribution in [0.4, 0.5) is 5.82 Å². The summed E-state index contributed by atoms with van der Waals surface area (Å²) in [6, 6.07) is 16.6. The summed E-state index contributed by atoms with van der Waals surface area (Å²) in [5.41, 5.74) is 1.45. The van der Waals surface area contributed by atoms with Crippen molar-refractivity contribution in [1.82, 2.24) is 10.2 Å². The van der Waals surface area contributed by atoms with Gasteiger partial charge in [0.05, 0.1) is 12.8 Å². The van der Waals surface area contributed by atoms with Gasteiger partial charge in [0.1, 0.15) is 30.0 Å². The monoisotopic (exact) mass is 381 g/mol. The van der Waals surface area contributed by atoms with Gasteiger partial charge < -0.3 is 19.5 Å². The second-order valence-corrected chi connectivity index (χ2v) is 6.28. The molecule has 3 aromatic rings. The number of H-pyrrole nitrogens is 1. The number of aromatic nitrogens is 2. The van der Waals surface area contributed by atoms with E-state index in [2.05, 4.69) is 15.5 Å². The lowest BCUT2D eigenvalue weighted by atomic mass is 10.1. The van der Waals surface area contributed by atoms with E-state index in [9.17, 15) is 4.79 Å². The van der Waals surface area contributed by atoms with Gasteiger partial charge in [-0.1, -0.05) is 30.3 Å². The molecule has 0 aliphatic heterocycles. The summed E-state index contributed by atoms with van der Waals surface area (Å²) < 4.78 is 16.9. The minimum absolute atomic E-state index is 0.169. The zero-order chi connectivity index (χ0) is 19.8. The molecule has 3 rings (SSSR count). The number of rotatable bonds is 9. The summed E-state index contributed by atoms with van der Waals surface area (Å²) >= 11 is 0. The van der Waals surface area contributed by atoms with Gasteiger partial charge in [0.15, 0.2) is 0 Å². The molecule has 0 fully saturated rings. The first-order valence-electron chi connectivity index (χ1n) is 8.92. The molecule has 28 heavy (non-hydrogen) atoms. The van der Waals surface area contributed by atoms with Crippen molar-refractivity contribution in [2.75, 3.05) is 19.0 Å². The Balaban J connectivity index is 1.79. The Hall–Kier alpha value is -3.32. The number of nitrogens with zero attached hydrogens (tertiary/aromatic N) is 1. The number of hydrogen-bond donors (Lipinski definition) is 2. The highest BCUT2D eigenvalue weighted by molar-refractivity contribution is 6.04. The topological polar surface area (TPSA) is 85.5 Å². The Bertz CT molecular complexity index is 882. The van der Waals surface area contributed by atoms with E-state index in [4.69, 9.17) is 14.2 Å². The Morgan fingerprint density at radius 3 is 2.64 bits per heavy atom. The Morgan fingerprint density at radius 1 is 1.14 bits per heavy atom. The SMILES string of the molecule is COC[C@H](C)Oc1cc(OCc2ccccc2)cc(C(=O)Nc2ccn[nH]2)c1. The van der Waals surface area contributed by atoms with Crippen LogP contribution in [0.5, 0.6) is 11.5 Å². The molecule has 2 N–H and O–H groups in total. The number of amides is 1. The quantitative estimate of drug-likeness (QED) is 0.591. The van der Waals surface area contributed by atoms with Crippen LogP contribution in [0.1, 0.15) is 22.8 Å². The largest absolute Gasteiger partial charge is 0.489 e. The van der Waals surface area contributed by atoms with Gasteiger partial charge in [-0.3, -0.25) is 9.89 Å². The van der Waals surface area contributed by atoms with Crippen LogP contribution < -0.4 is 14.8 Å². The standard InChI is InChI=1S/C21H23N3O4/c1-15(13-26-2)28-19-11-17(21(25)23-20-8-9-22-24-20)10-18(12-19)27-14-16-6-4-3-5-7-16/h3-12,15H,13-14H2,1-2H3,(H2,22,23,24,25)/t15-/m0/s1. The van der Waals surface area contributed by atoms with Crippen LogP contribution in [0, 0.1) is 0 Å². The maximum absolute atomic E-state index is 12.6. The minimum Gasteiger partial charge on any atom is -0.489 e. The highest BCUT2D eigenvalue weighted by Gasteiger charge is 2.13. The molecule has 0 aliphatic rings. The molecule has 1 heterocycles. The number of anilines is 1. The molecule has 0 saturated heterocycles. The average Bonchev–Trinajstić information content (AvgIpc) is 3.20. The summed E-state index contributed by atoms with van der Waals surface area (Å²) in [5.74, 6) is 1.29. The van der Waals surface area contributed by atoms with E-state index in [1.54, 1.807) is 37.6 Å². The number of carbonyl (C=O) groups is 1. The predicted octanol–water partition coefficient (Wildman–Crippen LogP) is 3.65. The second kappa shape index (κ2) is 9.57. The fourth-order valence-corrected chi connectivity index (χ4v) is 2.62. The predicted molar refractivity (Wildman–Crippen MR) is 106 cm³/mol. The van der Waals surface area contributed by atoms with Gasteiger partial charge in [-0.15, -0.1) is 0 Å². The molecule has 7 nitrogen and oxygen atoms in total. The average molecular weight is 381 g/mol. The first-order chi connectivity index (χ1) is 13.6. The van der Waals surface area contributed by atoms with Gasteiger partial charge in [-0.25, -0.2) is 0 Å². The van der Waals surface area contributed by atoms with Gasteiger partial charge in [0.25, 0.3) is 5.91 Å². The number of methoxy groups -OCH3 is 1. The summed E-state index contributed by atoms with van der Waals surface area (Å²) in [7, 11) is 1.61. The van der Waals surface area contributed by atoms with E-state index in [-0.39, 0.29) is 12.0 Å². The van der Waals surface area contributed by atoms with E-state index in [0.29, 0.717) is 36.1 Å². The lowest BCUT2D eigenvalue weighted by Crippen LogP contribution is -2.19. The number of carbonyl (C=O) groups excluding carboxylic acids is 1. The van der Waals surface area contributed by atoms with Gasteiger partial charge in [0.2, 0.25) is 0 Å². The molecule has 2 aromatic carbocycles. The van der Waals surface area contributed by atoms with Crippen LogP contribution in [0.3, 0.4) is 0 Å². The fraction of sp³-hybridized carbons (Fsp3) is 0.238. The third-order valence-electron chi connectivity index (χ3n) is 3.88. The summed E-state index contributed by atoms with van der Waals surface area (Å²) in [6.45, 7) is 2.72. The van der Waals surface area contributed by atoms with Crippen LogP contribution >= 0.6 is 0 Å². The van der Waals surface area contributed by atoms with Gasteiger partial charge in [0, 0.05) is 24.8 Å². The number of benzene rings is 2. The van der Waals surface area contributed by atoms with Crippen LogP contribution in [0.15, 0.2) is 60.8 Å². The molecular weight excluding hydrogens is 358 g/mol. The fourth-order valence-electron chi connectivity index (χ4n) is 2.62. The molecular formula is C21H23N3O4. The molecule has 0 saturated carbocycles. The summed E-state index contributed by atoms with van der Waals surface area (Å²) in [4.78, 5) is 12.6. The molecule has 7 heteroatoms. The Labute approximate surface area is 163 Å². The van der Waals surface area contributed by atoms with Crippen LogP contribution in [0.2, 0.25) is 0 Å². The van der Waals surface area contributed by atoms with Crippen molar-refractivity contribution in [3.63, 3.8) is 0 Å². The van der Waals surface area contributed by atoms with Gasteiger partial charge >= 0.3 is 0 Å². The lowest BCUT2D eigenvalue weighted by molar-refractivity contribution is 0.0914. The lowest BCUT2D eigenvalue weighted by Gasteiger charge is -2.16. The maximum atomic E-state index is 12.6. The zero-order valence-corrected chi connectivity index (χ0v) is 15.8. The molecule has 146 valence electrons. The molecule has 0 unspecified atom stereocenters. The molecule has 1 atom stereocenters. The Morgan fingerprint density at radius 2 is 1.93 bits per heavy atom. The van der Waals surface area contributed by atoms with Crippen LogP contribution in [0.25, 0.3) is 0 Å². The van der Waals surface area contributed by atoms with Crippen LogP contribution in [-0.2, 0) is 11.3 Å². The van der Waals surface area contributed by atoms with E-state index < -0.39 is 0 Å². The molecule has 1 aromatic heterocycles. The van der Waals surface area contributed by atoms with Crippen molar-refractivity contribution in [2.24, 2.45) is 0 Å². The number of aromatic amines is 1. The van der Waals surface area contributed by atoms with Gasteiger partial charge in [-0.05, 0) is 24.6 Å². The molecule has 0 radical (unpaired) electrons. The smallest absolute Gasteiger partial charge is 0.257 e. The van der Waals surface area contributed by atoms with Gasteiger partial charge in [-0.2, -0.15) is 5.10 Å². The maximum Gasteiger partial charge on any atom is 0.257 e. The van der Waals surface area contributed by atoms with Crippen molar-refractivity contribution in [3.05, 3.63) is 71.9 Å². The van der Waals surface area contributed by atoms with Crippen LogP contribution in [-0.4, -0.2) is 35.9 Å². The third-order valence-corrected chi connectivity index (χ3v) is 3.88. The first-order valence-corrected chi connectivity index (χ1v) is 8.92. The zero-order valence-electron chi connectivity index (χ0n) is 15.8. The Kier molecular flexibility index (Phi) is 6.64. The van der Waals surface area contributed by atoms with E-state index in [1.807, 2.05) is 37.3 Å². The van der Waals surface area contributed by atoms with Crippen molar-refractivity contribution in [2.45, 2.75) is 19.6 Å². The number of nitrogens with one attached hydrogen (secondary N) is 2. The number of ether oxygens (including phenoxy) is 3. The molecule has 1 amide bonds. The van der Waals surface area contributed by atoms with E-state index >= 15 is 0 Å². The van der Waals surface area contributed by atoms with E-state index in [1.165, 1.54) is 0 Å². The van der Waals surface area contributed by atoms with Crippen molar-refractivity contribution >= 4 is 11.7 Å². The highest BCUT2D eigenvalue weighted by Crippen LogP contribution is 2.25. The normalized spacial score (nSPS) is 11.6. The second-order valence-electron chi connectivity index (χ2n) is 6.28. The van der Waals surface area contributed by atoms with Crippen molar-refractivity contribution < 1.29 is 19.0 Å². The van der Waals surface area contributed by atoms with Crippen molar-refractivity contribution in [1.29, 1.82) is 0 Å². The minimum atomic E-state index is -0.293. The van der Waals surface area contributed by atoms with E-state index in [0.717, 1.165) is 5.56 Å². The molecule has 0 bridgehead atoms. The third kappa shape index (κ3) is 5.59. The number of hydrogen-bond acceptors (Lipinski definition) is 5. The highest BCUT2D eigenvalue weighted by atomic mass is 16.5. The summed E-state index contributed by atoms with van der Waals surface area (Å²) in [6.07, 6.45) is 1.40. The summed E-state index contributed by atoms with van der Waals surface area (Å²) in [5, 5.41) is 9.28. The van der Waals surface area contributed by atoms with Crippen molar-refractivity contribution in [3.8, 4) is 11.5 Å². The first kappa shape index (κ1) is 19.4. The molecule has 0 spiro atoms. The molecule has 0 aliphatic carbocycles.